The van der Waals surface area contributed by atoms with Gasteiger partial charge in [0, 0.05) is 12.6 Å². The number of carbonyl (C=O) groups is 1. The van der Waals surface area contributed by atoms with E-state index in [4.69, 9.17) is 0 Å². The van der Waals surface area contributed by atoms with Crippen molar-refractivity contribution in [1.29, 1.82) is 0 Å². The maximum atomic E-state index is 13.1. The van der Waals surface area contributed by atoms with Gasteiger partial charge in [0.05, 0.1) is 5.56 Å². The van der Waals surface area contributed by atoms with Crippen LogP contribution in [-0.2, 0) is 6.54 Å². The van der Waals surface area contributed by atoms with Gasteiger partial charge < -0.3 is 10.1 Å². The highest BCUT2D eigenvalue weighted by atomic mass is 19.4. The molecule has 0 bridgehead atoms. The quantitative estimate of drug-likeness (QED) is 0.878. The molecule has 0 aromatic heterocycles. The summed E-state index contributed by atoms with van der Waals surface area (Å²) in [4.78, 5) is 11.9. The summed E-state index contributed by atoms with van der Waals surface area (Å²) in [6.45, 7) is 0.107. The Morgan fingerprint density at radius 3 is 2.50 bits per heavy atom. The van der Waals surface area contributed by atoms with E-state index in [9.17, 15) is 22.4 Å². The molecule has 0 fully saturated rings. The molecule has 2 aromatic rings. The number of carbonyl (C=O) groups excluding carboxylic acids is 1. The van der Waals surface area contributed by atoms with Gasteiger partial charge in [-0.2, -0.15) is 0 Å². The molecule has 1 radical (unpaired) electrons. The van der Waals surface area contributed by atoms with E-state index in [1.54, 1.807) is 24.3 Å². The van der Waals surface area contributed by atoms with Crippen molar-refractivity contribution in [3.05, 3.63) is 65.5 Å². The van der Waals surface area contributed by atoms with Crippen LogP contribution in [0.3, 0.4) is 0 Å². The fourth-order valence-corrected chi connectivity index (χ4v) is 1.71. The molecule has 22 heavy (non-hydrogen) atoms. The van der Waals surface area contributed by atoms with E-state index in [1.165, 1.54) is 0 Å². The van der Waals surface area contributed by atoms with Gasteiger partial charge >= 0.3 is 6.36 Å². The van der Waals surface area contributed by atoms with E-state index in [-0.39, 0.29) is 6.54 Å². The van der Waals surface area contributed by atoms with E-state index in [2.05, 4.69) is 16.1 Å². The SMILES string of the molecule is O=C(NCc1cc[c]cc1)c1ccc(F)cc1OC(F)(F)F. The molecule has 2 rings (SSSR count). The van der Waals surface area contributed by atoms with Gasteiger partial charge in [-0.15, -0.1) is 13.2 Å². The van der Waals surface area contributed by atoms with Gasteiger partial charge in [0.25, 0.3) is 5.91 Å². The van der Waals surface area contributed by atoms with Crippen molar-refractivity contribution < 1.29 is 27.1 Å². The lowest BCUT2D eigenvalue weighted by Crippen LogP contribution is -2.25. The number of rotatable bonds is 4. The van der Waals surface area contributed by atoms with Gasteiger partial charge in [-0.05, 0) is 23.8 Å². The van der Waals surface area contributed by atoms with Crippen molar-refractivity contribution >= 4 is 5.91 Å². The summed E-state index contributed by atoms with van der Waals surface area (Å²) < 4.78 is 53.6. The van der Waals surface area contributed by atoms with Crippen molar-refractivity contribution in [1.82, 2.24) is 5.32 Å². The third-order valence-electron chi connectivity index (χ3n) is 2.65. The van der Waals surface area contributed by atoms with Crippen LogP contribution in [0.4, 0.5) is 17.6 Å². The van der Waals surface area contributed by atoms with Gasteiger partial charge in [0.2, 0.25) is 0 Å². The zero-order valence-corrected chi connectivity index (χ0v) is 11.1. The van der Waals surface area contributed by atoms with Crippen LogP contribution in [-0.4, -0.2) is 12.3 Å². The molecule has 0 unspecified atom stereocenters. The molecule has 1 amide bonds. The molecule has 0 saturated heterocycles. The van der Waals surface area contributed by atoms with Crippen molar-refractivity contribution in [3.8, 4) is 5.75 Å². The highest BCUT2D eigenvalue weighted by Crippen LogP contribution is 2.27. The average Bonchev–Trinajstić information content (AvgIpc) is 2.44. The van der Waals surface area contributed by atoms with E-state index in [0.29, 0.717) is 6.07 Å². The molecule has 115 valence electrons. The summed E-state index contributed by atoms with van der Waals surface area (Å²) in [5.41, 5.74) is 0.341. The van der Waals surface area contributed by atoms with E-state index in [1.807, 2.05) is 0 Å². The molecule has 3 nitrogen and oxygen atoms in total. The topological polar surface area (TPSA) is 38.3 Å². The van der Waals surface area contributed by atoms with Gasteiger partial charge in [0.1, 0.15) is 11.6 Å². The van der Waals surface area contributed by atoms with Gasteiger partial charge in [-0.25, -0.2) is 4.39 Å². The monoisotopic (exact) mass is 312 g/mol. The first-order valence-corrected chi connectivity index (χ1v) is 6.13. The normalized spacial score (nSPS) is 11.1. The highest BCUT2D eigenvalue weighted by Gasteiger charge is 2.33. The Balaban J connectivity index is 2.15. The molecule has 0 atom stereocenters. The van der Waals surface area contributed by atoms with Crippen LogP contribution in [0, 0.1) is 11.9 Å². The standard InChI is InChI=1S/C15H10F4NO2/c16-11-6-7-12(13(8-11)22-15(17,18)19)14(21)20-9-10-4-2-1-3-5-10/h2-8H,9H2,(H,20,21). The second-order valence-electron chi connectivity index (χ2n) is 4.28. The smallest absolute Gasteiger partial charge is 0.405 e. The van der Waals surface area contributed by atoms with Gasteiger partial charge in [-0.3, -0.25) is 4.79 Å². The summed E-state index contributed by atoms with van der Waals surface area (Å²) in [7, 11) is 0. The Bertz CT molecular complexity index is 656. The number of ether oxygens (including phenoxy) is 1. The van der Waals surface area contributed by atoms with Crippen LogP contribution in [0.1, 0.15) is 15.9 Å². The predicted octanol–water partition coefficient (Wildman–Crippen LogP) is 3.45. The maximum Gasteiger partial charge on any atom is 0.573 e. The number of halogens is 4. The summed E-state index contributed by atoms with van der Waals surface area (Å²) >= 11 is 0. The lowest BCUT2D eigenvalue weighted by atomic mass is 10.1. The zero-order valence-electron chi connectivity index (χ0n) is 11.1. The van der Waals surface area contributed by atoms with Crippen LogP contribution in [0.15, 0.2) is 42.5 Å². The minimum Gasteiger partial charge on any atom is -0.405 e. The van der Waals surface area contributed by atoms with Crippen molar-refractivity contribution in [2.45, 2.75) is 12.9 Å². The molecule has 7 heteroatoms. The maximum absolute atomic E-state index is 13.1. The Morgan fingerprint density at radius 2 is 1.86 bits per heavy atom. The minimum atomic E-state index is -5.02. The van der Waals surface area contributed by atoms with E-state index in [0.717, 1.165) is 17.7 Å². The van der Waals surface area contributed by atoms with E-state index >= 15 is 0 Å². The lowest BCUT2D eigenvalue weighted by molar-refractivity contribution is -0.274. The third-order valence-corrected chi connectivity index (χ3v) is 2.65. The molecular formula is C15H10F4NO2. The first-order valence-electron chi connectivity index (χ1n) is 6.13. The van der Waals surface area contributed by atoms with Crippen LogP contribution < -0.4 is 10.1 Å². The summed E-state index contributed by atoms with van der Waals surface area (Å²) in [5, 5.41) is 2.44. The predicted molar refractivity (Wildman–Crippen MR) is 69.5 cm³/mol. The number of alkyl halides is 3. The third kappa shape index (κ3) is 4.47. The summed E-state index contributed by atoms with van der Waals surface area (Å²) in [5.74, 6) is -2.62. The molecule has 0 saturated carbocycles. The fourth-order valence-electron chi connectivity index (χ4n) is 1.71. The molecular weight excluding hydrogens is 302 g/mol. The second-order valence-corrected chi connectivity index (χ2v) is 4.28. The number of benzene rings is 2. The Morgan fingerprint density at radius 1 is 1.18 bits per heavy atom. The Kier molecular flexibility index (Phi) is 4.65. The van der Waals surface area contributed by atoms with Crippen LogP contribution in [0.2, 0.25) is 0 Å². The molecule has 0 aliphatic carbocycles. The average molecular weight is 312 g/mol. The fraction of sp³-hybridized carbons (Fsp3) is 0.133. The van der Waals surface area contributed by atoms with E-state index < -0.39 is 29.4 Å². The molecule has 0 spiro atoms. The van der Waals surface area contributed by atoms with Crippen molar-refractivity contribution in [2.75, 3.05) is 0 Å². The first kappa shape index (κ1) is 15.8. The molecule has 0 aliphatic rings. The molecule has 2 aromatic carbocycles. The van der Waals surface area contributed by atoms with Gasteiger partial charge in [-0.1, -0.05) is 24.3 Å². The number of hydrogen-bond donors (Lipinski definition) is 1. The van der Waals surface area contributed by atoms with Crippen LogP contribution in [0.25, 0.3) is 0 Å². The van der Waals surface area contributed by atoms with Crippen molar-refractivity contribution in [2.24, 2.45) is 0 Å². The molecule has 0 heterocycles. The zero-order chi connectivity index (χ0) is 16.2. The number of hydrogen-bond acceptors (Lipinski definition) is 2. The first-order chi connectivity index (χ1) is 10.3. The Labute approximate surface area is 123 Å². The lowest BCUT2D eigenvalue weighted by Gasteiger charge is -2.13. The van der Waals surface area contributed by atoms with Crippen LogP contribution >= 0.6 is 0 Å². The number of amides is 1. The van der Waals surface area contributed by atoms with Crippen molar-refractivity contribution in [3.63, 3.8) is 0 Å². The molecule has 0 aliphatic heterocycles. The summed E-state index contributed by atoms with van der Waals surface area (Å²) in [6, 6.07) is 11.8. The minimum absolute atomic E-state index is 0.107. The van der Waals surface area contributed by atoms with Gasteiger partial charge in [0.15, 0.2) is 0 Å². The van der Waals surface area contributed by atoms with Crippen LogP contribution in [0.5, 0.6) is 5.75 Å². The summed E-state index contributed by atoms with van der Waals surface area (Å²) in [6.07, 6.45) is -5.02. The number of nitrogens with one attached hydrogen (secondary N) is 1. The second kappa shape index (κ2) is 6.46. The largest absolute Gasteiger partial charge is 0.573 e. The highest BCUT2D eigenvalue weighted by molar-refractivity contribution is 5.96. The molecule has 1 N–H and O–H groups in total. The Hall–Kier alpha value is -2.57.